The van der Waals surface area contributed by atoms with Gasteiger partial charge in [-0.3, -0.25) is 4.68 Å². The lowest BCUT2D eigenvalue weighted by Gasteiger charge is -2.58. The average molecular weight is 377 g/mol. The molecule has 0 atom stereocenters. The number of hydrogen-bond acceptors (Lipinski definition) is 6. The number of halogens is 1. The quantitative estimate of drug-likeness (QED) is 0.742. The molecule has 0 amide bonds. The topological polar surface area (TPSA) is 78.5 Å². The van der Waals surface area contributed by atoms with Crippen LogP contribution in [0.3, 0.4) is 0 Å². The third-order valence-electron chi connectivity index (χ3n) is 5.26. The Bertz CT molecular complexity index is 946. The second-order valence-corrected chi connectivity index (χ2v) is 7.16. The molecule has 1 aliphatic carbocycles. The summed E-state index contributed by atoms with van der Waals surface area (Å²) in [6.07, 6.45) is 9.22. The fourth-order valence-electron chi connectivity index (χ4n) is 4.04. The molecule has 1 N–H and O–H groups in total. The molecule has 3 aromatic rings. The van der Waals surface area contributed by atoms with E-state index in [0.717, 1.165) is 36.2 Å². The maximum absolute atomic E-state index is 6.41. The van der Waals surface area contributed by atoms with Crippen LogP contribution in [0, 0.1) is 0 Å². The maximum atomic E-state index is 6.41. The molecule has 0 radical (unpaired) electrons. The van der Waals surface area contributed by atoms with Crippen LogP contribution in [0.2, 0.25) is 0 Å². The van der Waals surface area contributed by atoms with Gasteiger partial charge in [-0.25, -0.2) is 9.50 Å². The number of fused-ring (bicyclic) bond motifs is 3. The summed E-state index contributed by atoms with van der Waals surface area (Å²) in [4.78, 5) is 4.76. The van der Waals surface area contributed by atoms with Crippen LogP contribution in [0.4, 0.5) is 0 Å². The summed E-state index contributed by atoms with van der Waals surface area (Å²) in [6.45, 7) is 1.33. The van der Waals surface area contributed by atoms with Crippen LogP contribution in [0.1, 0.15) is 12.8 Å². The number of rotatable bonds is 4. The minimum absolute atomic E-state index is 0. The van der Waals surface area contributed by atoms with E-state index >= 15 is 0 Å². The first-order valence-corrected chi connectivity index (χ1v) is 8.40. The Labute approximate surface area is 156 Å². The van der Waals surface area contributed by atoms with Crippen LogP contribution in [0.5, 0.6) is 5.88 Å². The molecule has 5 heterocycles. The Hall–Kier alpha value is -2.16. The summed E-state index contributed by atoms with van der Waals surface area (Å²) in [6, 6.07) is 1.92. The van der Waals surface area contributed by atoms with E-state index in [-0.39, 0.29) is 23.5 Å². The largest absolute Gasteiger partial charge is 0.467 e. The van der Waals surface area contributed by atoms with Crippen molar-refractivity contribution in [2.45, 2.75) is 24.0 Å². The van der Waals surface area contributed by atoms with Gasteiger partial charge in [-0.15, -0.1) is 12.4 Å². The van der Waals surface area contributed by atoms with Crippen molar-refractivity contribution in [3.05, 3.63) is 30.9 Å². The summed E-state index contributed by atoms with van der Waals surface area (Å²) >= 11 is 0. The lowest BCUT2D eigenvalue weighted by atomic mass is 9.63. The molecule has 9 heteroatoms. The number of aryl methyl sites for hydroxylation is 1. The smallest absolute Gasteiger partial charge is 0.241 e. The number of nitrogens with zero attached hydrogens (tertiary/aromatic N) is 5. The lowest BCUT2D eigenvalue weighted by molar-refractivity contribution is -0.195. The summed E-state index contributed by atoms with van der Waals surface area (Å²) in [7, 11) is 3.87. The van der Waals surface area contributed by atoms with Gasteiger partial charge in [0.1, 0.15) is 11.1 Å². The number of hydrogen-bond donors (Lipinski definition) is 1. The van der Waals surface area contributed by atoms with Crippen LogP contribution < -0.4 is 10.1 Å². The first kappa shape index (κ1) is 17.3. The number of likely N-dealkylation sites (N-methyl/N-ethyl adjacent to an activating group) is 1. The van der Waals surface area contributed by atoms with E-state index in [2.05, 4.69) is 15.5 Å². The number of ether oxygens (including phenoxy) is 2. The van der Waals surface area contributed by atoms with Crippen molar-refractivity contribution in [2.24, 2.45) is 7.05 Å². The van der Waals surface area contributed by atoms with Crippen LogP contribution in [-0.4, -0.2) is 55.8 Å². The van der Waals surface area contributed by atoms with Crippen molar-refractivity contribution in [1.29, 1.82) is 0 Å². The molecular formula is C17H21ClN6O2. The Kier molecular flexibility index (Phi) is 3.94. The highest BCUT2D eigenvalue weighted by Gasteiger charge is 2.60. The molecule has 138 valence electrons. The fraction of sp³-hybridized carbons (Fsp3) is 0.471. The van der Waals surface area contributed by atoms with Gasteiger partial charge in [0.15, 0.2) is 0 Å². The van der Waals surface area contributed by atoms with Gasteiger partial charge in [0, 0.05) is 37.2 Å². The summed E-state index contributed by atoms with van der Waals surface area (Å²) in [5.41, 5.74) is 2.30. The molecule has 3 aliphatic rings. The zero-order valence-electron chi connectivity index (χ0n) is 14.7. The standard InChI is InChI=1S/C17H20N6O2.ClH/c1-18-16-8-17(9-16,11-24-10-16)25-15-14-3-4-19-23(14)7-13(21-15)12-5-20-22(2)6-12;/h3-7,18H,8-11H2,1-2H3;1H. The molecule has 2 saturated heterocycles. The van der Waals surface area contributed by atoms with Crippen molar-refractivity contribution in [2.75, 3.05) is 20.3 Å². The van der Waals surface area contributed by atoms with Gasteiger partial charge in [0.25, 0.3) is 0 Å². The van der Waals surface area contributed by atoms with Crippen LogP contribution in [0.15, 0.2) is 30.9 Å². The highest BCUT2D eigenvalue weighted by atomic mass is 35.5. The van der Waals surface area contributed by atoms with Crippen LogP contribution in [-0.2, 0) is 11.8 Å². The molecule has 26 heavy (non-hydrogen) atoms. The molecule has 0 unspecified atom stereocenters. The van der Waals surface area contributed by atoms with E-state index in [1.54, 1.807) is 21.6 Å². The third-order valence-corrected chi connectivity index (χ3v) is 5.26. The number of aromatic nitrogens is 5. The first-order chi connectivity index (χ1) is 12.1. The maximum Gasteiger partial charge on any atom is 0.241 e. The van der Waals surface area contributed by atoms with Crippen molar-refractivity contribution in [3.63, 3.8) is 0 Å². The van der Waals surface area contributed by atoms with Gasteiger partial charge < -0.3 is 14.8 Å². The van der Waals surface area contributed by atoms with Gasteiger partial charge in [-0.1, -0.05) is 0 Å². The Morgan fingerprint density at radius 3 is 2.81 bits per heavy atom. The fourth-order valence-corrected chi connectivity index (χ4v) is 4.04. The highest BCUT2D eigenvalue weighted by Crippen LogP contribution is 2.48. The van der Waals surface area contributed by atoms with Gasteiger partial charge >= 0.3 is 0 Å². The number of nitrogens with one attached hydrogen (secondary N) is 1. The molecule has 1 saturated carbocycles. The Balaban J connectivity index is 0.00000168. The summed E-state index contributed by atoms with van der Waals surface area (Å²) < 4.78 is 15.7. The molecule has 6 rings (SSSR count). The van der Waals surface area contributed by atoms with Crippen molar-refractivity contribution >= 4 is 17.9 Å². The zero-order valence-corrected chi connectivity index (χ0v) is 15.5. The van der Waals surface area contributed by atoms with Gasteiger partial charge in [-0.2, -0.15) is 10.2 Å². The first-order valence-electron chi connectivity index (χ1n) is 8.40. The van der Waals surface area contributed by atoms with Crippen LogP contribution >= 0.6 is 12.4 Å². The van der Waals surface area contributed by atoms with Crippen LogP contribution in [0.25, 0.3) is 16.8 Å². The zero-order chi connectivity index (χ0) is 17.1. The van der Waals surface area contributed by atoms with E-state index in [4.69, 9.17) is 14.5 Å². The molecule has 8 nitrogen and oxygen atoms in total. The second kappa shape index (κ2) is 5.94. The normalized spacial score (nSPS) is 27.0. The summed E-state index contributed by atoms with van der Waals surface area (Å²) in [5.74, 6) is 0.592. The molecule has 0 aromatic carbocycles. The lowest BCUT2D eigenvalue weighted by Crippen LogP contribution is -2.73. The highest BCUT2D eigenvalue weighted by molar-refractivity contribution is 5.85. The van der Waals surface area contributed by atoms with Gasteiger partial charge in [0.05, 0.1) is 37.5 Å². The second-order valence-electron chi connectivity index (χ2n) is 7.16. The Morgan fingerprint density at radius 1 is 1.23 bits per heavy atom. The molecule has 3 fully saturated rings. The van der Waals surface area contributed by atoms with E-state index in [0.29, 0.717) is 12.5 Å². The SMILES string of the molecule is CNC12COCC(Oc3nc(-c4cnn(C)c4)cn4nccc34)(C1)C2.Cl. The van der Waals surface area contributed by atoms with E-state index in [9.17, 15) is 0 Å². The van der Waals surface area contributed by atoms with Gasteiger partial charge in [-0.05, 0) is 13.1 Å². The minimum atomic E-state index is -0.313. The van der Waals surface area contributed by atoms with Crippen molar-refractivity contribution < 1.29 is 9.47 Å². The van der Waals surface area contributed by atoms with Crippen molar-refractivity contribution in [3.8, 4) is 17.1 Å². The average Bonchev–Trinajstić information content (AvgIpc) is 3.23. The molecular weight excluding hydrogens is 356 g/mol. The molecule has 2 aliphatic heterocycles. The molecule has 2 bridgehead atoms. The minimum Gasteiger partial charge on any atom is -0.467 e. The Morgan fingerprint density at radius 2 is 2.08 bits per heavy atom. The molecule has 0 spiro atoms. The predicted octanol–water partition coefficient (Wildman–Crippen LogP) is 1.45. The molecule has 3 aromatic heterocycles. The van der Waals surface area contributed by atoms with Crippen molar-refractivity contribution in [1.82, 2.24) is 29.7 Å². The monoisotopic (exact) mass is 376 g/mol. The van der Waals surface area contributed by atoms with E-state index in [1.165, 1.54) is 0 Å². The van der Waals surface area contributed by atoms with Gasteiger partial charge in [0.2, 0.25) is 5.88 Å². The predicted molar refractivity (Wildman–Crippen MR) is 97.6 cm³/mol. The third kappa shape index (κ3) is 2.56. The summed E-state index contributed by atoms with van der Waals surface area (Å²) in [5, 5.41) is 12.0. The van der Waals surface area contributed by atoms with E-state index < -0.39 is 0 Å². The van der Waals surface area contributed by atoms with E-state index in [1.807, 2.05) is 32.6 Å².